The monoisotopic (exact) mass is 342 g/mol. The molecular weight excluding hydrogens is 331 g/mol. The van der Waals surface area contributed by atoms with Crippen LogP contribution in [-0.4, -0.2) is 21.2 Å². The van der Waals surface area contributed by atoms with E-state index >= 15 is 0 Å². The van der Waals surface area contributed by atoms with Gasteiger partial charge in [0, 0.05) is 26.2 Å². The normalized spacial score (nSPS) is 10.6. The fraction of sp³-hybridized carbons (Fsp3) is 0.250. The van der Waals surface area contributed by atoms with E-state index in [1.54, 1.807) is 4.68 Å². The highest BCUT2D eigenvalue weighted by Gasteiger charge is 2.17. The van der Waals surface area contributed by atoms with Gasteiger partial charge in [0.2, 0.25) is 0 Å². The molecule has 1 N–H and O–H groups in total. The summed E-state index contributed by atoms with van der Waals surface area (Å²) < 4.78 is 15.2. The second-order valence-corrected chi connectivity index (χ2v) is 5.05. The van der Waals surface area contributed by atoms with Crippen LogP contribution in [0.3, 0.4) is 0 Å². The van der Waals surface area contributed by atoms with E-state index in [1.807, 2.05) is 19.3 Å². The first-order valence-electron chi connectivity index (χ1n) is 5.83. The topological polar surface area (TPSA) is 73.0 Å². The van der Waals surface area contributed by atoms with Gasteiger partial charge in [-0.2, -0.15) is 5.10 Å². The van der Waals surface area contributed by atoms with Crippen LogP contribution in [-0.2, 0) is 13.5 Å². The molecule has 1 heterocycles. The average Bonchev–Trinajstić information content (AvgIpc) is 2.79. The van der Waals surface area contributed by atoms with Gasteiger partial charge in [-0.1, -0.05) is 0 Å². The Labute approximate surface area is 122 Å². The first kappa shape index (κ1) is 14.4. The van der Waals surface area contributed by atoms with Gasteiger partial charge in [-0.05, 0) is 28.1 Å². The molecule has 0 saturated carbocycles. The molecule has 0 fully saturated rings. The third kappa shape index (κ3) is 3.32. The summed E-state index contributed by atoms with van der Waals surface area (Å²) in [6.45, 7) is 0.468. The van der Waals surface area contributed by atoms with Crippen molar-refractivity contribution >= 4 is 27.3 Å². The van der Waals surface area contributed by atoms with E-state index in [2.05, 4.69) is 26.3 Å². The van der Waals surface area contributed by atoms with Crippen LogP contribution in [0.1, 0.15) is 5.69 Å². The van der Waals surface area contributed by atoms with Crippen LogP contribution in [0.5, 0.6) is 0 Å². The fourth-order valence-electron chi connectivity index (χ4n) is 1.75. The smallest absolute Gasteiger partial charge is 0.295 e. The molecule has 0 saturated heterocycles. The molecule has 2 aromatic rings. The Hall–Kier alpha value is -1.96. The predicted octanol–water partition coefficient (Wildman–Crippen LogP) is 2.88. The quantitative estimate of drug-likeness (QED) is 0.669. The lowest BCUT2D eigenvalue weighted by molar-refractivity contribution is -0.384. The SMILES string of the molecule is Cn1ccc(CCNc2cc(Br)c(F)cc2[N+](=O)[O-])n1. The Kier molecular flexibility index (Phi) is 4.33. The Morgan fingerprint density at radius 2 is 2.30 bits per heavy atom. The maximum atomic E-state index is 13.3. The molecule has 0 spiro atoms. The summed E-state index contributed by atoms with van der Waals surface area (Å²) in [4.78, 5) is 10.3. The molecule has 0 bridgehead atoms. The summed E-state index contributed by atoms with van der Waals surface area (Å²) in [7, 11) is 1.82. The Morgan fingerprint density at radius 1 is 1.55 bits per heavy atom. The highest BCUT2D eigenvalue weighted by molar-refractivity contribution is 9.10. The van der Waals surface area contributed by atoms with Gasteiger partial charge in [0.15, 0.2) is 0 Å². The molecule has 0 atom stereocenters. The highest BCUT2D eigenvalue weighted by atomic mass is 79.9. The second-order valence-electron chi connectivity index (χ2n) is 4.20. The molecule has 0 aliphatic rings. The van der Waals surface area contributed by atoms with Crippen molar-refractivity contribution in [1.29, 1.82) is 0 Å². The molecule has 0 radical (unpaired) electrons. The number of aromatic nitrogens is 2. The van der Waals surface area contributed by atoms with Crippen LogP contribution in [0.15, 0.2) is 28.9 Å². The lowest BCUT2D eigenvalue weighted by Crippen LogP contribution is -2.08. The molecule has 1 aromatic heterocycles. The Morgan fingerprint density at radius 3 is 2.90 bits per heavy atom. The molecule has 8 heteroatoms. The molecule has 0 aliphatic carbocycles. The van der Waals surface area contributed by atoms with Crippen LogP contribution in [0.25, 0.3) is 0 Å². The van der Waals surface area contributed by atoms with Crippen molar-refractivity contribution in [2.24, 2.45) is 7.05 Å². The van der Waals surface area contributed by atoms with Crippen LogP contribution in [0, 0.1) is 15.9 Å². The van der Waals surface area contributed by atoms with Gasteiger partial charge in [-0.3, -0.25) is 14.8 Å². The zero-order valence-electron chi connectivity index (χ0n) is 10.6. The van der Waals surface area contributed by atoms with Crippen molar-refractivity contribution in [3.05, 3.63) is 50.5 Å². The second kappa shape index (κ2) is 6.00. The van der Waals surface area contributed by atoms with E-state index in [0.29, 0.717) is 13.0 Å². The number of nitro benzene ring substituents is 1. The van der Waals surface area contributed by atoms with Gasteiger partial charge in [-0.15, -0.1) is 0 Å². The predicted molar refractivity (Wildman–Crippen MR) is 76.2 cm³/mol. The summed E-state index contributed by atoms with van der Waals surface area (Å²) in [6, 6.07) is 4.13. The average molecular weight is 343 g/mol. The largest absolute Gasteiger partial charge is 0.379 e. The van der Waals surface area contributed by atoms with Crippen molar-refractivity contribution in [1.82, 2.24) is 9.78 Å². The minimum absolute atomic E-state index is 0.184. The maximum Gasteiger partial charge on any atom is 0.295 e. The number of rotatable bonds is 5. The molecule has 106 valence electrons. The third-order valence-corrected chi connectivity index (χ3v) is 3.31. The van der Waals surface area contributed by atoms with Gasteiger partial charge in [0.05, 0.1) is 21.2 Å². The number of nitrogens with zero attached hydrogens (tertiary/aromatic N) is 3. The van der Waals surface area contributed by atoms with Gasteiger partial charge in [-0.25, -0.2) is 4.39 Å². The summed E-state index contributed by atoms with van der Waals surface area (Å²) in [5, 5.41) is 18.0. The Bertz CT molecular complexity index is 644. The van der Waals surface area contributed by atoms with E-state index in [0.717, 1.165) is 11.8 Å². The summed E-state index contributed by atoms with van der Waals surface area (Å²) in [5.41, 5.74) is 0.870. The van der Waals surface area contributed by atoms with E-state index < -0.39 is 10.7 Å². The number of hydrogen-bond donors (Lipinski definition) is 1. The Balaban J connectivity index is 2.08. The molecule has 0 aliphatic heterocycles. The molecule has 2 rings (SSSR count). The minimum Gasteiger partial charge on any atom is -0.379 e. The summed E-state index contributed by atoms with van der Waals surface area (Å²) in [6.07, 6.45) is 2.44. The van der Waals surface area contributed by atoms with Crippen LogP contribution in [0.2, 0.25) is 0 Å². The highest BCUT2D eigenvalue weighted by Crippen LogP contribution is 2.30. The van der Waals surface area contributed by atoms with Crippen molar-refractivity contribution in [2.45, 2.75) is 6.42 Å². The number of aryl methyl sites for hydroxylation is 1. The van der Waals surface area contributed by atoms with E-state index in [1.165, 1.54) is 6.07 Å². The number of nitro groups is 1. The zero-order chi connectivity index (χ0) is 14.7. The first-order valence-corrected chi connectivity index (χ1v) is 6.62. The number of nitrogens with one attached hydrogen (secondary N) is 1. The summed E-state index contributed by atoms with van der Waals surface area (Å²) in [5.74, 6) is -0.660. The number of benzene rings is 1. The molecule has 0 amide bonds. The molecule has 6 nitrogen and oxygen atoms in total. The van der Waals surface area contributed by atoms with Gasteiger partial charge >= 0.3 is 0 Å². The maximum absolute atomic E-state index is 13.3. The van der Waals surface area contributed by atoms with Crippen molar-refractivity contribution in [3.63, 3.8) is 0 Å². The minimum atomic E-state index is -0.660. The third-order valence-electron chi connectivity index (χ3n) is 2.70. The van der Waals surface area contributed by atoms with Crippen molar-refractivity contribution < 1.29 is 9.31 Å². The standard InChI is InChI=1S/C12H12BrFN4O2/c1-17-5-3-8(16-17)2-4-15-11-6-9(13)10(14)7-12(11)18(19)20/h3,5-7,15H,2,4H2,1H3. The zero-order valence-corrected chi connectivity index (χ0v) is 12.2. The van der Waals surface area contributed by atoms with Gasteiger partial charge < -0.3 is 5.32 Å². The lowest BCUT2D eigenvalue weighted by atomic mass is 10.2. The lowest BCUT2D eigenvalue weighted by Gasteiger charge is -2.07. The first-order chi connectivity index (χ1) is 9.47. The molecule has 1 aromatic carbocycles. The molecule has 0 unspecified atom stereocenters. The summed E-state index contributed by atoms with van der Waals surface area (Å²) >= 11 is 3.02. The van der Waals surface area contributed by atoms with Crippen molar-refractivity contribution in [2.75, 3.05) is 11.9 Å². The van der Waals surface area contributed by atoms with E-state index in [9.17, 15) is 14.5 Å². The number of hydrogen-bond acceptors (Lipinski definition) is 4. The van der Waals surface area contributed by atoms with Crippen LogP contribution < -0.4 is 5.32 Å². The van der Waals surface area contributed by atoms with Crippen molar-refractivity contribution in [3.8, 4) is 0 Å². The number of halogens is 2. The molecular formula is C12H12BrFN4O2. The molecule has 20 heavy (non-hydrogen) atoms. The number of anilines is 1. The van der Waals surface area contributed by atoms with E-state index in [-0.39, 0.29) is 15.8 Å². The fourth-order valence-corrected chi connectivity index (χ4v) is 2.09. The van der Waals surface area contributed by atoms with Crippen LogP contribution >= 0.6 is 15.9 Å². The van der Waals surface area contributed by atoms with Gasteiger partial charge in [0.25, 0.3) is 5.69 Å². The van der Waals surface area contributed by atoms with E-state index in [4.69, 9.17) is 0 Å². The van der Waals surface area contributed by atoms with Gasteiger partial charge in [0.1, 0.15) is 11.5 Å². The van der Waals surface area contributed by atoms with Crippen LogP contribution in [0.4, 0.5) is 15.8 Å².